The van der Waals surface area contributed by atoms with E-state index in [4.69, 9.17) is 14.3 Å². The number of ether oxygens (including phenoxy) is 1. The quantitative estimate of drug-likeness (QED) is 0.835. The van der Waals surface area contributed by atoms with Gasteiger partial charge in [0.2, 0.25) is 0 Å². The summed E-state index contributed by atoms with van der Waals surface area (Å²) in [7, 11) is 1.53. The molecule has 1 heterocycles. The van der Waals surface area contributed by atoms with Crippen molar-refractivity contribution < 1.29 is 19.1 Å². The maximum atomic E-state index is 10.9. The third kappa shape index (κ3) is 2.39. The Morgan fingerprint density at radius 1 is 1.53 bits per heavy atom. The average Bonchev–Trinajstić information content (AvgIpc) is 2.47. The molecule has 0 spiro atoms. The highest BCUT2D eigenvalue weighted by Gasteiger charge is 2.27. The van der Waals surface area contributed by atoms with Crippen LogP contribution in [0.3, 0.4) is 0 Å². The van der Waals surface area contributed by atoms with Crippen LogP contribution in [-0.4, -0.2) is 18.2 Å². The molecular weight excluding hydrogens is 196 g/mol. The Bertz CT molecular complexity index is 357. The molecule has 1 aromatic rings. The number of methoxy groups -OCH3 is 1. The average molecular weight is 212 g/mol. The zero-order valence-electron chi connectivity index (χ0n) is 9.46. The van der Waals surface area contributed by atoms with Crippen molar-refractivity contribution in [3.63, 3.8) is 0 Å². The maximum absolute atomic E-state index is 10.9. The van der Waals surface area contributed by atoms with Gasteiger partial charge in [-0.05, 0) is 0 Å². The Kier molecular flexibility index (Phi) is 3.19. The van der Waals surface area contributed by atoms with Gasteiger partial charge in [0.1, 0.15) is 17.6 Å². The molecule has 4 heteroatoms. The van der Waals surface area contributed by atoms with Crippen LogP contribution >= 0.6 is 0 Å². The van der Waals surface area contributed by atoms with Gasteiger partial charge in [-0.15, -0.1) is 0 Å². The number of hydrogen-bond donors (Lipinski definition) is 1. The molecule has 84 valence electrons. The highest BCUT2D eigenvalue weighted by molar-refractivity contribution is 5.89. The Balaban J connectivity index is 3.24. The van der Waals surface area contributed by atoms with E-state index in [-0.39, 0.29) is 17.6 Å². The van der Waals surface area contributed by atoms with E-state index in [0.717, 1.165) is 0 Å². The van der Waals surface area contributed by atoms with Crippen LogP contribution in [0.5, 0.6) is 0 Å². The van der Waals surface area contributed by atoms with Crippen molar-refractivity contribution in [2.45, 2.75) is 32.8 Å². The van der Waals surface area contributed by atoms with Crippen LogP contribution in [-0.2, 0) is 16.8 Å². The van der Waals surface area contributed by atoms with Crippen molar-refractivity contribution in [3.8, 4) is 0 Å². The largest absolute Gasteiger partial charge is 0.478 e. The molecule has 0 radical (unpaired) electrons. The van der Waals surface area contributed by atoms with Crippen LogP contribution in [0, 0.1) is 0 Å². The van der Waals surface area contributed by atoms with E-state index in [9.17, 15) is 4.79 Å². The second-order valence-electron chi connectivity index (χ2n) is 4.45. The Hall–Kier alpha value is -1.29. The minimum atomic E-state index is -0.985. The highest BCUT2D eigenvalue weighted by Crippen LogP contribution is 2.30. The zero-order valence-corrected chi connectivity index (χ0v) is 9.46. The molecule has 0 unspecified atom stereocenters. The lowest BCUT2D eigenvalue weighted by Gasteiger charge is -2.17. The van der Waals surface area contributed by atoms with Gasteiger partial charge in [-0.25, -0.2) is 4.79 Å². The summed E-state index contributed by atoms with van der Waals surface area (Å²) in [5.74, 6) is -0.317. The van der Waals surface area contributed by atoms with Crippen molar-refractivity contribution in [1.29, 1.82) is 0 Å². The molecule has 0 aliphatic carbocycles. The molecule has 0 aliphatic heterocycles. The second kappa shape index (κ2) is 4.06. The minimum absolute atomic E-state index is 0.182. The lowest BCUT2D eigenvalue weighted by Crippen LogP contribution is -2.14. The van der Waals surface area contributed by atoms with Crippen LogP contribution in [0.4, 0.5) is 0 Å². The molecule has 0 saturated heterocycles. The Morgan fingerprint density at radius 3 is 2.53 bits per heavy atom. The van der Waals surface area contributed by atoms with Crippen molar-refractivity contribution in [3.05, 3.63) is 23.2 Å². The van der Waals surface area contributed by atoms with E-state index < -0.39 is 5.97 Å². The molecule has 0 fully saturated rings. The molecule has 4 nitrogen and oxygen atoms in total. The molecule has 15 heavy (non-hydrogen) atoms. The fourth-order valence-corrected chi connectivity index (χ4v) is 1.48. The van der Waals surface area contributed by atoms with Gasteiger partial charge in [-0.3, -0.25) is 0 Å². The molecule has 0 saturated carbocycles. The first-order chi connectivity index (χ1) is 6.88. The predicted octanol–water partition coefficient (Wildman–Crippen LogP) is 2.42. The fraction of sp³-hybridized carbons (Fsp3) is 0.545. The fourth-order valence-electron chi connectivity index (χ4n) is 1.48. The zero-order chi connectivity index (χ0) is 11.6. The number of hydrogen-bond acceptors (Lipinski definition) is 3. The number of rotatable bonds is 3. The first kappa shape index (κ1) is 11.8. The molecule has 0 atom stereocenters. The Labute approximate surface area is 88.8 Å². The van der Waals surface area contributed by atoms with Gasteiger partial charge < -0.3 is 14.3 Å². The lowest BCUT2D eigenvalue weighted by atomic mass is 9.89. The number of furan rings is 1. The number of carboxylic acid groups (broad SMARTS) is 1. The normalized spacial score (nSPS) is 11.7. The van der Waals surface area contributed by atoms with E-state index in [0.29, 0.717) is 11.3 Å². The van der Waals surface area contributed by atoms with Gasteiger partial charge in [0, 0.05) is 18.1 Å². The third-order valence-electron chi connectivity index (χ3n) is 2.09. The first-order valence-electron chi connectivity index (χ1n) is 4.71. The summed E-state index contributed by atoms with van der Waals surface area (Å²) in [4.78, 5) is 10.9. The Morgan fingerprint density at radius 2 is 2.13 bits per heavy atom. The van der Waals surface area contributed by atoms with Gasteiger partial charge in [-0.2, -0.15) is 0 Å². The first-order valence-corrected chi connectivity index (χ1v) is 4.71. The summed E-state index contributed by atoms with van der Waals surface area (Å²) in [6.07, 6.45) is 1.28. The summed E-state index contributed by atoms with van der Waals surface area (Å²) < 4.78 is 10.3. The molecule has 0 amide bonds. The predicted molar refractivity (Wildman–Crippen MR) is 55.1 cm³/mol. The van der Waals surface area contributed by atoms with Gasteiger partial charge in [-0.1, -0.05) is 20.8 Å². The molecular formula is C11H16O4. The van der Waals surface area contributed by atoms with E-state index in [1.165, 1.54) is 13.4 Å². The van der Waals surface area contributed by atoms with Crippen LogP contribution < -0.4 is 0 Å². The van der Waals surface area contributed by atoms with Crippen molar-refractivity contribution in [2.24, 2.45) is 0 Å². The standard InChI is InChI=1S/C11H16O4/c1-11(2,3)9-7(5-14-4)8(6-15-9)10(12)13/h6H,5H2,1-4H3,(H,12,13). The van der Waals surface area contributed by atoms with Crippen LogP contribution in [0.1, 0.15) is 42.5 Å². The summed E-state index contributed by atoms with van der Waals surface area (Å²) in [6, 6.07) is 0. The SMILES string of the molecule is COCc1c(C(=O)O)coc1C(C)(C)C. The summed E-state index contributed by atoms with van der Waals surface area (Å²) in [5, 5.41) is 8.96. The minimum Gasteiger partial charge on any atom is -0.478 e. The molecule has 1 rings (SSSR count). The number of carboxylic acids is 1. The summed E-state index contributed by atoms with van der Waals surface area (Å²) >= 11 is 0. The molecule has 1 aromatic heterocycles. The van der Waals surface area contributed by atoms with E-state index in [1.54, 1.807) is 0 Å². The molecule has 0 bridgehead atoms. The van der Waals surface area contributed by atoms with Crippen molar-refractivity contribution >= 4 is 5.97 Å². The highest BCUT2D eigenvalue weighted by atomic mass is 16.5. The summed E-state index contributed by atoms with van der Waals surface area (Å²) in [6.45, 7) is 6.16. The molecule has 0 aliphatic rings. The number of carbonyl (C=O) groups is 1. The smallest absolute Gasteiger partial charge is 0.339 e. The van der Waals surface area contributed by atoms with E-state index in [2.05, 4.69) is 0 Å². The van der Waals surface area contributed by atoms with Gasteiger partial charge in [0.25, 0.3) is 0 Å². The monoisotopic (exact) mass is 212 g/mol. The van der Waals surface area contributed by atoms with Gasteiger partial charge in [0.15, 0.2) is 0 Å². The van der Waals surface area contributed by atoms with Gasteiger partial charge >= 0.3 is 5.97 Å². The molecule has 0 aromatic carbocycles. The van der Waals surface area contributed by atoms with Crippen molar-refractivity contribution in [1.82, 2.24) is 0 Å². The van der Waals surface area contributed by atoms with Crippen molar-refractivity contribution in [2.75, 3.05) is 7.11 Å². The topological polar surface area (TPSA) is 59.7 Å². The van der Waals surface area contributed by atoms with E-state index >= 15 is 0 Å². The summed E-state index contributed by atoms with van der Waals surface area (Å²) in [5.41, 5.74) is 0.584. The molecule has 1 N–H and O–H groups in total. The number of aromatic carboxylic acids is 1. The van der Waals surface area contributed by atoms with E-state index in [1.807, 2.05) is 20.8 Å². The van der Waals surface area contributed by atoms with Gasteiger partial charge in [0.05, 0.1) is 6.61 Å². The van der Waals surface area contributed by atoms with Crippen LogP contribution in [0.25, 0.3) is 0 Å². The maximum Gasteiger partial charge on any atom is 0.339 e. The lowest BCUT2D eigenvalue weighted by molar-refractivity contribution is 0.0691. The van der Waals surface area contributed by atoms with Crippen LogP contribution in [0.15, 0.2) is 10.7 Å². The van der Waals surface area contributed by atoms with Crippen LogP contribution in [0.2, 0.25) is 0 Å². The third-order valence-corrected chi connectivity index (χ3v) is 2.09. The second-order valence-corrected chi connectivity index (χ2v) is 4.45.